The van der Waals surface area contributed by atoms with E-state index in [-0.39, 0.29) is 36.0 Å². The molecule has 8 nitrogen and oxygen atoms in total. The molecule has 0 N–H and O–H groups in total. The van der Waals surface area contributed by atoms with Gasteiger partial charge in [-0.3, -0.25) is 9.59 Å². The van der Waals surface area contributed by atoms with Crippen molar-refractivity contribution in [1.29, 1.82) is 0 Å². The largest absolute Gasteiger partial charge is 0.462 e. The van der Waals surface area contributed by atoms with Crippen molar-refractivity contribution in [3.8, 4) is 0 Å². The highest BCUT2D eigenvalue weighted by Crippen LogP contribution is 2.42. The molecule has 4 aliphatic rings. The number of fused-ring (bicyclic) bond motifs is 1. The molecule has 2 aliphatic heterocycles. The van der Waals surface area contributed by atoms with E-state index in [0.29, 0.717) is 37.9 Å². The SMILES string of the molecule is CCOC(=O)C1=C(N2CCN(C(=O)c3ccco3)CC2)C2CCCCC2N(CC2CCCCC2)C1=O. The van der Waals surface area contributed by atoms with Gasteiger partial charge in [-0.1, -0.05) is 32.1 Å². The molecule has 2 saturated carbocycles. The van der Waals surface area contributed by atoms with Gasteiger partial charge in [0.25, 0.3) is 11.8 Å². The van der Waals surface area contributed by atoms with Gasteiger partial charge in [0, 0.05) is 50.4 Å². The number of amides is 2. The summed E-state index contributed by atoms with van der Waals surface area (Å²) in [5.41, 5.74) is 1.11. The predicted molar refractivity (Wildman–Crippen MR) is 134 cm³/mol. The van der Waals surface area contributed by atoms with Gasteiger partial charge in [0.05, 0.1) is 12.9 Å². The van der Waals surface area contributed by atoms with Crippen molar-refractivity contribution in [3.63, 3.8) is 0 Å². The Morgan fingerprint density at radius 3 is 2.42 bits per heavy atom. The Balaban J connectivity index is 1.42. The number of rotatable bonds is 6. The van der Waals surface area contributed by atoms with Crippen LogP contribution in [0.3, 0.4) is 0 Å². The molecule has 3 heterocycles. The summed E-state index contributed by atoms with van der Waals surface area (Å²) in [6.45, 7) is 5.00. The average molecular weight is 498 g/mol. The smallest absolute Gasteiger partial charge is 0.345 e. The highest BCUT2D eigenvalue weighted by Gasteiger charge is 2.47. The van der Waals surface area contributed by atoms with Gasteiger partial charge >= 0.3 is 5.97 Å². The van der Waals surface area contributed by atoms with Gasteiger partial charge in [0.2, 0.25) is 0 Å². The standard InChI is InChI=1S/C28H39N3O5/c1-2-35-28(34)24-25(29-14-16-30(17-15-29)26(32)23-13-8-18-36-23)21-11-6-7-12-22(21)31(27(24)33)19-20-9-4-3-5-10-20/h8,13,18,20-22H,2-7,9-12,14-17,19H2,1H3. The quantitative estimate of drug-likeness (QED) is 0.439. The molecule has 1 aromatic rings. The summed E-state index contributed by atoms with van der Waals surface area (Å²) in [5, 5.41) is 0. The topological polar surface area (TPSA) is 83.3 Å². The monoisotopic (exact) mass is 497 g/mol. The van der Waals surface area contributed by atoms with Crippen LogP contribution < -0.4 is 0 Å². The van der Waals surface area contributed by atoms with Crippen molar-refractivity contribution in [1.82, 2.24) is 14.7 Å². The van der Waals surface area contributed by atoms with E-state index >= 15 is 0 Å². The van der Waals surface area contributed by atoms with Gasteiger partial charge in [-0.2, -0.15) is 0 Å². The molecule has 1 aromatic heterocycles. The lowest BCUT2D eigenvalue weighted by Gasteiger charge is -2.50. The van der Waals surface area contributed by atoms with E-state index in [9.17, 15) is 14.4 Å². The van der Waals surface area contributed by atoms with Gasteiger partial charge in [0.1, 0.15) is 5.57 Å². The first-order valence-electron chi connectivity index (χ1n) is 13.9. The van der Waals surface area contributed by atoms with Crippen molar-refractivity contribution in [3.05, 3.63) is 35.4 Å². The van der Waals surface area contributed by atoms with Crippen molar-refractivity contribution in [2.45, 2.75) is 70.8 Å². The van der Waals surface area contributed by atoms with Crippen LogP contribution in [0.2, 0.25) is 0 Å². The van der Waals surface area contributed by atoms with E-state index in [1.165, 1.54) is 25.5 Å². The van der Waals surface area contributed by atoms with Crippen LogP contribution in [0.15, 0.2) is 34.1 Å². The lowest BCUT2D eigenvalue weighted by molar-refractivity contribution is -0.145. The number of carbonyl (C=O) groups excluding carboxylic acids is 3. The van der Waals surface area contributed by atoms with Crippen LogP contribution in [0, 0.1) is 11.8 Å². The summed E-state index contributed by atoms with van der Waals surface area (Å²) in [5.74, 6) is 0.246. The molecule has 0 spiro atoms. The molecule has 2 atom stereocenters. The molecule has 2 unspecified atom stereocenters. The third-order valence-corrected chi connectivity index (χ3v) is 8.51. The summed E-state index contributed by atoms with van der Waals surface area (Å²) in [4.78, 5) is 46.1. The minimum Gasteiger partial charge on any atom is -0.462 e. The Hall–Kier alpha value is -2.77. The summed E-state index contributed by atoms with van der Waals surface area (Å²) in [6, 6.07) is 3.54. The van der Waals surface area contributed by atoms with E-state index in [4.69, 9.17) is 9.15 Å². The van der Waals surface area contributed by atoms with Crippen molar-refractivity contribution < 1.29 is 23.5 Å². The highest BCUT2D eigenvalue weighted by molar-refractivity contribution is 6.17. The molecular formula is C28H39N3O5. The van der Waals surface area contributed by atoms with Gasteiger partial charge < -0.3 is 23.9 Å². The summed E-state index contributed by atoms with van der Waals surface area (Å²) in [7, 11) is 0. The molecule has 0 radical (unpaired) electrons. The summed E-state index contributed by atoms with van der Waals surface area (Å²) in [6.07, 6.45) is 11.8. The van der Waals surface area contributed by atoms with Gasteiger partial charge in [-0.25, -0.2) is 4.79 Å². The van der Waals surface area contributed by atoms with E-state index in [0.717, 1.165) is 50.8 Å². The second kappa shape index (κ2) is 11.1. The minimum atomic E-state index is -0.496. The molecule has 2 aliphatic carbocycles. The molecule has 3 fully saturated rings. The zero-order valence-corrected chi connectivity index (χ0v) is 21.5. The van der Waals surface area contributed by atoms with Crippen LogP contribution in [-0.4, -0.2) is 77.9 Å². The number of furan rings is 1. The second-order valence-electron chi connectivity index (χ2n) is 10.7. The number of ether oxygens (including phenoxy) is 1. The van der Waals surface area contributed by atoms with Crippen molar-refractivity contribution in [2.24, 2.45) is 11.8 Å². The normalized spacial score (nSPS) is 25.7. The van der Waals surface area contributed by atoms with E-state index in [1.807, 2.05) is 4.90 Å². The van der Waals surface area contributed by atoms with Crippen molar-refractivity contribution in [2.75, 3.05) is 39.3 Å². The molecular weight excluding hydrogens is 458 g/mol. The molecule has 0 aromatic carbocycles. The highest BCUT2D eigenvalue weighted by atomic mass is 16.5. The van der Waals surface area contributed by atoms with Crippen LogP contribution in [-0.2, 0) is 14.3 Å². The Morgan fingerprint density at radius 2 is 1.72 bits per heavy atom. The third-order valence-electron chi connectivity index (χ3n) is 8.51. The Labute approximate surface area is 213 Å². The van der Waals surface area contributed by atoms with Crippen LogP contribution in [0.5, 0.6) is 0 Å². The zero-order chi connectivity index (χ0) is 25.1. The van der Waals surface area contributed by atoms with Crippen LogP contribution >= 0.6 is 0 Å². The molecule has 1 saturated heterocycles. The fourth-order valence-electron chi connectivity index (χ4n) is 6.75. The summed E-state index contributed by atoms with van der Waals surface area (Å²) < 4.78 is 10.8. The third kappa shape index (κ3) is 4.91. The maximum Gasteiger partial charge on any atom is 0.345 e. The molecule has 36 heavy (non-hydrogen) atoms. The van der Waals surface area contributed by atoms with E-state index in [2.05, 4.69) is 4.90 Å². The number of hydrogen-bond acceptors (Lipinski definition) is 6. The summed E-state index contributed by atoms with van der Waals surface area (Å²) >= 11 is 0. The lowest BCUT2D eigenvalue weighted by atomic mass is 9.75. The molecule has 0 bridgehead atoms. The molecule has 196 valence electrons. The second-order valence-corrected chi connectivity index (χ2v) is 10.7. The Morgan fingerprint density at radius 1 is 1.00 bits per heavy atom. The molecule has 8 heteroatoms. The number of nitrogens with zero attached hydrogens (tertiary/aromatic N) is 3. The zero-order valence-electron chi connectivity index (χ0n) is 21.5. The fourth-order valence-corrected chi connectivity index (χ4v) is 6.75. The maximum absolute atomic E-state index is 14.0. The van der Waals surface area contributed by atoms with Crippen molar-refractivity contribution >= 4 is 17.8 Å². The fraction of sp³-hybridized carbons (Fsp3) is 0.679. The first-order chi connectivity index (χ1) is 17.6. The van der Waals surface area contributed by atoms with Gasteiger partial charge in [-0.05, 0) is 50.7 Å². The first-order valence-corrected chi connectivity index (χ1v) is 13.9. The molecule has 2 amide bonds. The minimum absolute atomic E-state index is 0.117. The van der Waals surface area contributed by atoms with Crippen LogP contribution in [0.4, 0.5) is 0 Å². The first kappa shape index (κ1) is 24.9. The average Bonchev–Trinajstić information content (AvgIpc) is 3.45. The predicted octanol–water partition coefficient (Wildman–Crippen LogP) is 3.84. The van der Waals surface area contributed by atoms with Crippen LogP contribution in [0.25, 0.3) is 0 Å². The van der Waals surface area contributed by atoms with E-state index < -0.39 is 5.97 Å². The number of hydrogen-bond donors (Lipinski definition) is 0. The Kier molecular flexibility index (Phi) is 7.67. The van der Waals surface area contributed by atoms with Crippen LogP contribution in [0.1, 0.15) is 75.3 Å². The number of carbonyl (C=O) groups is 3. The lowest BCUT2D eigenvalue weighted by Crippen LogP contribution is -2.58. The van der Waals surface area contributed by atoms with Gasteiger partial charge in [-0.15, -0.1) is 0 Å². The maximum atomic E-state index is 14.0. The van der Waals surface area contributed by atoms with Gasteiger partial charge in [0.15, 0.2) is 5.76 Å². The number of esters is 1. The Bertz CT molecular complexity index is 973. The number of piperazine rings is 1. The molecule has 5 rings (SSSR count). The van der Waals surface area contributed by atoms with E-state index in [1.54, 1.807) is 24.0 Å².